The topological polar surface area (TPSA) is 95.9 Å². The molecule has 0 atom stereocenters. The number of piperidine rings is 1. The molecule has 2 aliphatic heterocycles. The van der Waals surface area contributed by atoms with Crippen LogP contribution in [0.5, 0.6) is 5.75 Å². The molecule has 3 heterocycles. The van der Waals surface area contributed by atoms with Crippen LogP contribution in [0.15, 0.2) is 28.6 Å². The summed E-state index contributed by atoms with van der Waals surface area (Å²) in [6.07, 6.45) is 1.66. The summed E-state index contributed by atoms with van der Waals surface area (Å²) >= 11 is 3.08. The molecule has 1 fully saturated rings. The zero-order valence-corrected chi connectivity index (χ0v) is 19.9. The summed E-state index contributed by atoms with van der Waals surface area (Å²) in [4.78, 5) is 35.5. The van der Waals surface area contributed by atoms with Gasteiger partial charge in [0, 0.05) is 30.1 Å². The third-order valence-corrected chi connectivity index (χ3v) is 7.56. The minimum absolute atomic E-state index is 0.000320. The Hall–Kier alpha value is -2.59. The lowest BCUT2D eigenvalue weighted by Crippen LogP contribution is -2.40. The van der Waals surface area contributed by atoms with E-state index in [-0.39, 0.29) is 24.3 Å². The van der Waals surface area contributed by atoms with Gasteiger partial charge in [0.15, 0.2) is 11.8 Å². The molecule has 0 radical (unpaired) electrons. The maximum absolute atomic E-state index is 12.6. The van der Waals surface area contributed by atoms with Crippen LogP contribution in [0.2, 0.25) is 0 Å². The Bertz CT molecular complexity index is 1010. The molecule has 1 aromatic heterocycles. The fourth-order valence-corrected chi connectivity index (χ4v) is 5.23. The number of amidine groups is 1. The zero-order valence-electron chi connectivity index (χ0n) is 18.2. The van der Waals surface area contributed by atoms with Crippen LogP contribution < -0.4 is 15.6 Å². The van der Waals surface area contributed by atoms with Crippen molar-refractivity contribution in [2.75, 3.05) is 32.0 Å². The molecule has 2 aromatic rings. The Morgan fingerprint density at radius 2 is 2.03 bits per heavy atom. The highest BCUT2D eigenvalue weighted by Gasteiger charge is 2.26. The summed E-state index contributed by atoms with van der Waals surface area (Å²) < 4.78 is 5.70. The smallest absolute Gasteiger partial charge is 0.289 e. The standard InChI is InChI=1S/C22H27N5O3S2/c1-14-3-4-17(11-15(14)2)30-12-19(28)27-8-5-16(6-9-27)21-24-18(13-32-21)20(29)25-26-22-23-7-10-31-22/h3-4,11,13,16H,5-10,12H2,1-2H3,(H,23,26)(H,25,29). The zero-order chi connectivity index (χ0) is 22.5. The maximum atomic E-state index is 12.6. The first kappa shape index (κ1) is 22.6. The highest BCUT2D eigenvalue weighted by molar-refractivity contribution is 8.14. The highest BCUT2D eigenvalue weighted by atomic mass is 32.2. The van der Waals surface area contributed by atoms with Crippen molar-refractivity contribution in [1.82, 2.24) is 20.7 Å². The molecular formula is C22H27N5O3S2. The van der Waals surface area contributed by atoms with E-state index in [4.69, 9.17) is 4.74 Å². The number of carbonyl (C=O) groups is 2. The number of amides is 2. The first-order valence-electron chi connectivity index (χ1n) is 10.7. The van der Waals surface area contributed by atoms with Crippen LogP contribution in [0, 0.1) is 13.8 Å². The summed E-state index contributed by atoms with van der Waals surface area (Å²) in [5.74, 6) is 1.64. The van der Waals surface area contributed by atoms with Gasteiger partial charge in [-0.1, -0.05) is 17.8 Å². The van der Waals surface area contributed by atoms with E-state index in [0.717, 1.165) is 46.6 Å². The number of nitrogens with zero attached hydrogens (tertiary/aromatic N) is 3. The van der Waals surface area contributed by atoms with Gasteiger partial charge in [-0.3, -0.25) is 25.4 Å². The van der Waals surface area contributed by atoms with Crippen LogP contribution in [0.3, 0.4) is 0 Å². The first-order valence-corrected chi connectivity index (χ1v) is 12.5. The number of nitrogens with one attached hydrogen (secondary N) is 2. The molecule has 170 valence electrons. The molecule has 0 unspecified atom stereocenters. The number of carbonyl (C=O) groups excluding carboxylic acids is 2. The Balaban J connectivity index is 1.23. The number of hydrazine groups is 1. The van der Waals surface area contributed by atoms with Crippen LogP contribution in [-0.4, -0.2) is 58.9 Å². The van der Waals surface area contributed by atoms with Crippen molar-refractivity contribution < 1.29 is 14.3 Å². The maximum Gasteiger partial charge on any atom is 0.289 e. The number of thiazole rings is 1. The molecule has 0 aliphatic carbocycles. The summed E-state index contributed by atoms with van der Waals surface area (Å²) in [5, 5.41) is 3.46. The molecule has 0 saturated carbocycles. The lowest BCUT2D eigenvalue weighted by atomic mass is 9.97. The third-order valence-electron chi connectivity index (χ3n) is 5.66. The van der Waals surface area contributed by atoms with Gasteiger partial charge in [-0.05, 0) is 49.9 Å². The number of aliphatic imine (C=N–C) groups is 1. The van der Waals surface area contributed by atoms with E-state index in [1.54, 1.807) is 17.1 Å². The molecule has 4 rings (SSSR count). The predicted octanol–water partition coefficient (Wildman–Crippen LogP) is 2.88. The third kappa shape index (κ3) is 5.60. The molecule has 2 N–H and O–H groups in total. The number of hydrogen-bond donors (Lipinski definition) is 2. The van der Waals surface area contributed by atoms with Gasteiger partial charge in [0.1, 0.15) is 11.4 Å². The Morgan fingerprint density at radius 1 is 1.22 bits per heavy atom. The van der Waals surface area contributed by atoms with Crippen molar-refractivity contribution in [1.29, 1.82) is 0 Å². The van der Waals surface area contributed by atoms with Gasteiger partial charge in [0.2, 0.25) is 0 Å². The minimum Gasteiger partial charge on any atom is -0.484 e. The van der Waals surface area contributed by atoms with E-state index in [2.05, 4.69) is 20.8 Å². The summed E-state index contributed by atoms with van der Waals surface area (Å²) in [5.41, 5.74) is 8.24. The van der Waals surface area contributed by atoms with E-state index in [9.17, 15) is 9.59 Å². The molecular weight excluding hydrogens is 446 g/mol. The van der Waals surface area contributed by atoms with Gasteiger partial charge in [0.25, 0.3) is 11.8 Å². The second kappa shape index (κ2) is 10.4. The summed E-state index contributed by atoms with van der Waals surface area (Å²) in [6.45, 7) is 6.23. The van der Waals surface area contributed by atoms with E-state index in [0.29, 0.717) is 18.8 Å². The number of benzene rings is 1. The van der Waals surface area contributed by atoms with Crippen LogP contribution in [0.25, 0.3) is 0 Å². The highest BCUT2D eigenvalue weighted by Crippen LogP contribution is 2.30. The fraction of sp³-hybridized carbons (Fsp3) is 0.455. The van der Waals surface area contributed by atoms with Crippen molar-refractivity contribution >= 4 is 40.1 Å². The average Bonchev–Trinajstić information content (AvgIpc) is 3.51. The van der Waals surface area contributed by atoms with Crippen LogP contribution >= 0.6 is 23.1 Å². The number of hydrogen-bond acceptors (Lipinski definition) is 8. The Kier molecular flexibility index (Phi) is 7.31. The van der Waals surface area contributed by atoms with Crippen LogP contribution in [0.4, 0.5) is 0 Å². The number of thioether (sulfide) groups is 1. The monoisotopic (exact) mass is 473 g/mol. The van der Waals surface area contributed by atoms with Crippen LogP contribution in [-0.2, 0) is 4.79 Å². The number of likely N-dealkylation sites (tertiary alicyclic amines) is 1. The number of ether oxygens (including phenoxy) is 1. The number of rotatable bonds is 5. The van der Waals surface area contributed by atoms with Crippen molar-refractivity contribution in [2.24, 2.45) is 4.99 Å². The van der Waals surface area contributed by atoms with E-state index >= 15 is 0 Å². The van der Waals surface area contributed by atoms with E-state index < -0.39 is 0 Å². The van der Waals surface area contributed by atoms with Crippen molar-refractivity contribution in [2.45, 2.75) is 32.6 Å². The van der Waals surface area contributed by atoms with Gasteiger partial charge < -0.3 is 9.64 Å². The Morgan fingerprint density at radius 3 is 2.75 bits per heavy atom. The normalized spacial score (nSPS) is 16.6. The second-order valence-corrected chi connectivity index (χ2v) is 9.85. The van der Waals surface area contributed by atoms with Crippen LogP contribution in [0.1, 0.15) is 45.4 Å². The van der Waals surface area contributed by atoms with Crippen molar-refractivity contribution in [3.05, 3.63) is 45.4 Å². The number of aromatic nitrogens is 1. The molecule has 8 nitrogen and oxygen atoms in total. The summed E-state index contributed by atoms with van der Waals surface area (Å²) in [7, 11) is 0. The average molecular weight is 474 g/mol. The number of aryl methyl sites for hydroxylation is 2. The molecule has 32 heavy (non-hydrogen) atoms. The SMILES string of the molecule is Cc1ccc(OCC(=O)N2CCC(c3nc(C(=O)NNC4=NCCS4)cs3)CC2)cc1C. The molecule has 1 saturated heterocycles. The molecule has 1 aromatic carbocycles. The summed E-state index contributed by atoms with van der Waals surface area (Å²) in [6, 6.07) is 5.86. The molecule has 2 amide bonds. The lowest BCUT2D eigenvalue weighted by molar-refractivity contribution is -0.134. The molecule has 2 aliphatic rings. The predicted molar refractivity (Wildman–Crippen MR) is 127 cm³/mol. The molecule has 10 heteroatoms. The Labute approximate surface area is 195 Å². The fourth-order valence-electron chi connectivity index (χ4n) is 3.58. The molecule has 0 spiro atoms. The van der Waals surface area contributed by atoms with Crippen molar-refractivity contribution in [3.8, 4) is 5.75 Å². The van der Waals surface area contributed by atoms with Gasteiger partial charge in [-0.15, -0.1) is 11.3 Å². The minimum atomic E-state index is -0.265. The quantitative estimate of drug-likeness (QED) is 0.649. The van der Waals surface area contributed by atoms with Gasteiger partial charge in [-0.25, -0.2) is 4.98 Å². The van der Waals surface area contributed by atoms with E-state index in [1.807, 2.05) is 36.9 Å². The second-order valence-electron chi connectivity index (χ2n) is 7.88. The largest absolute Gasteiger partial charge is 0.484 e. The van der Waals surface area contributed by atoms with Gasteiger partial charge >= 0.3 is 0 Å². The van der Waals surface area contributed by atoms with E-state index in [1.165, 1.54) is 16.9 Å². The molecule has 0 bridgehead atoms. The van der Waals surface area contributed by atoms with Gasteiger partial charge in [0.05, 0.1) is 11.6 Å². The first-order chi connectivity index (χ1) is 15.5. The lowest BCUT2D eigenvalue weighted by Gasteiger charge is -2.31. The van der Waals surface area contributed by atoms with Crippen molar-refractivity contribution in [3.63, 3.8) is 0 Å². The van der Waals surface area contributed by atoms with Gasteiger partial charge in [-0.2, -0.15) is 0 Å².